The van der Waals surface area contributed by atoms with E-state index in [1.54, 1.807) is 4.90 Å². The van der Waals surface area contributed by atoms with Gasteiger partial charge < -0.3 is 15.3 Å². The third kappa shape index (κ3) is 4.14. The number of rotatable bonds is 6. The lowest BCUT2D eigenvalue weighted by atomic mass is 10.1. The number of halogens is 2. The Balaban J connectivity index is 2.07. The minimum absolute atomic E-state index is 0.0403. The minimum atomic E-state index is -0.519. The zero-order chi connectivity index (χ0) is 15.4. The SMILES string of the molecule is CC(C)CNCc1cc(F)c(N2CCC(CO)C2)c(F)c1. The third-order valence-corrected chi connectivity index (χ3v) is 3.82. The van der Waals surface area contributed by atoms with Gasteiger partial charge in [0.1, 0.15) is 17.3 Å². The molecule has 1 fully saturated rings. The van der Waals surface area contributed by atoms with E-state index >= 15 is 0 Å². The first kappa shape index (κ1) is 16.2. The topological polar surface area (TPSA) is 35.5 Å². The van der Waals surface area contributed by atoms with Crippen molar-refractivity contribution in [2.24, 2.45) is 11.8 Å². The molecule has 0 saturated carbocycles. The highest BCUT2D eigenvalue weighted by Gasteiger charge is 2.26. The molecule has 1 aliphatic heterocycles. The van der Waals surface area contributed by atoms with Gasteiger partial charge in [0, 0.05) is 32.2 Å². The molecule has 2 rings (SSSR count). The number of hydrogen-bond donors (Lipinski definition) is 2. The van der Waals surface area contributed by atoms with Crippen LogP contribution in [0.3, 0.4) is 0 Å². The van der Waals surface area contributed by atoms with Crippen LogP contribution in [0.5, 0.6) is 0 Å². The van der Waals surface area contributed by atoms with E-state index in [4.69, 9.17) is 5.11 Å². The molecular weight excluding hydrogens is 274 g/mol. The Morgan fingerprint density at radius 3 is 2.52 bits per heavy atom. The zero-order valence-corrected chi connectivity index (χ0v) is 12.7. The number of anilines is 1. The van der Waals surface area contributed by atoms with Gasteiger partial charge in [-0.3, -0.25) is 0 Å². The molecule has 1 saturated heterocycles. The summed E-state index contributed by atoms with van der Waals surface area (Å²) in [5.41, 5.74) is 0.658. The van der Waals surface area contributed by atoms with Gasteiger partial charge in [-0.05, 0) is 36.6 Å². The normalized spacial score (nSPS) is 18.8. The molecule has 1 atom stereocenters. The second kappa shape index (κ2) is 7.18. The maximum Gasteiger partial charge on any atom is 0.149 e. The molecule has 1 aromatic rings. The van der Waals surface area contributed by atoms with E-state index in [2.05, 4.69) is 19.2 Å². The highest BCUT2D eigenvalue weighted by atomic mass is 19.1. The van der Waals surface area contributed by atoms with Crippen molar-refractivity contribution in [1.29, 1.82) is 0 Å². The molecule has 0 aromatic heterocycles. The second-order valence-electron chi connectivity index (χ2n) is 6.22. The fraction of sp³-hybridized carbons (Fsp3) is 0.625. The van der Waals surface area contributed by atoms with Gasteiger partial charge in [0.05, 0.1) is 0 Å². The molecule has 0 aliphatic carbocycles. The van der Waals surface area contributed by atoms with Crippen LogP contribution in [0.2, 0.25) is 0 Å². The van der Waals surface area contributed by atoms with Crippen LogP contribution in [0.1, 0.15) is 25.8 Å². The fourth-order valence-electron chi connectivity index (χ4n) is 2.71. The van der Waals surface area contributed by atoms with Gasteiger partial charge >= 0.3 is 0 Å². The number of nitrogens with one attached hydrogen (secondary N) is 1. The van der Waals surface area contributed by atoms with Crippen LogP contribution in [0.4, 0.5) is 14.5 Å². The van der Waals surface area contributed by atoms with Gasteiger partial charge in [-0.2, -0.15) is 0 Å². The number of aliphatic hydroxyl groups excluding tert-OH is 1. The summed E-state index contributed by atoms with van der Waals surface area (Å²) < 4.78 is 28.4. The fourth-order valence-corrected chi connectivity index (χ4v) is 2.71. The largest absolute Gasteiger partial charge is 0.396 e. The van der Waals surface area contributed by atoms with Crippen molar-refractivity contribution in [2.45, 2.75) is 26.8 Å². The summed E-state index contributed by atoms with van der Waals surface area (Å²) in [4.78, 5) is 1.69. The zero-order valence-electron chi connectivity index (χ0n) is 12.7. The number of hydrogen-bond acceptors (Lipinski definition) is 3. The highest BCUT2D eigenvalue weighted by molar-refractivity contribution is 5.51. The van der Waals surface area contributed by atoms with Crippen molar-refractivity contribution in [3.8, 4) is 0 Å². The summed E-state index contributed by atoms with van der Waals surface area (Å²) in [6.07, 6.45) is 0.771. The summed E-state index contributed by atoms with van der Waals surface area (Å²) in [5, 5.41) is 12.3. The third-order valence-electron chi connectivity index (χ3n) is 3.82. The van der Waals surface area contributed by atoms with Crippen LogP contribution in [0, 0.1) is 23.5 Å². The minimum Gasteiger partial charge on any atom is -0.396 e. The Bertz CT molecular complexity index is 456. The van der Waals surface area contributed by atoms with Gasteiger partial charge in [-0.15, -0.1) is 0 Å². The number of aliphatic hydroxyl groups is 1. The van der Waals surface area contributed by atoms with E-state index in [1.165, 1.54) is 12.1 Å². The summed E-state index contributed by atoms with van der Waals surface area (Å²) in [6.45, 7) is 6.61. The number of benzene rings is 1. The highest BCUT2D eigenvalue weighted by Crippen LogP contribution is 2.29. The van der Waals surface area contributed by atoms with Crippen molar-refractivity contribution in [3.05, 3.63) is 29.3 Å². The molecule has 118 valence electrons. The van der Waals surface area contributed by atoms with E-state index in [0.717, 1.165) is 13.0 Å². The lowest BCUT2D eigenvalue weighted by Crippen LogP contribution is -2.24. The molecule has 21 heavy (non-hydrogen) atoms. The van der Waals surface area contributed by atoms with Crippen LogP contribution < -0.4 is 10.2 Å². The molecule has 2 N–H and O–H groups in total. The first-order chi connectivity index (χ1) is 10.0. The quantitative estimate of drug-likeness (QED) is 0.847. The summed E-state index contributed by atoms with van der Waals surface area (Å²) in [7, 11) is 0. The first-order valence-electron chi connectivity index (χ1n) is 7.55. The van der Waals surface area contributed by atoms with Gasteiger partial charge in [0.2, 0.25) is 0 Å². The van der Waals surface area contributed by atoms with Crippen LogP contribution in [0.25, 0.3) is 0 Å². The Kier molecular flexibility index (Phi) is 5.53. The van der Waals surface area contributed by atoms with Crippen molar-refractivity contribution >= 4 is 5.69 Å². The molecule has 1 aromatic carbocycles. The monoisotopic (exact) mass is 298 g/mol. The molecule has 0 spiro atoms. The molecule has 1 heterocycles. The maximum absolute atomic E-state index is 14.2. The summed E-state index contributed by atoms with van der Waals surface area (Å²) >= 11 is 0. The Labute approximate surface area is 125 Å². The van der Waals surface area contributed by atoms with Gasteiger partial charge in [0.25, 0.3) is 0 Å². The second-order valence-corrected chi connectivity index (χ2v) is 6.22. The Hall–Kier alpha value is -1.20. The van der Waals surface area contributed by atoms with Gasteiger partial charge in [-0.25, -0.2) is 8.78 Å². The molecule has 0 bridgehead atoms. The maximum atomic E-state index is 14.2. The van der Waals surface area contributed by atoms with E-state index in [1.807, 2.05) is 0 Å². The molecule has 1 aliphatic rings. The predicted molar refractivity (Wildman–Crippen MR) is 80.3 cm³/mol. The van der Waals surface area contributed by atoms with Crippen molar-refractivity contribution in [3.63, 3.8) is 0 Å². The Morgan fingerprint density at radius 1 is 1.33 bits per heavy atom. The standard InChI is InChI=1S/C16H24F2N2O/c1-11(2)7-19-8-13-5-14(17)16(15(18)6-13)20-4-3-12(9-20)10-21/h5-6,11-12,19,21H,3-4,7-10H2,1-2H3. The van der Waals surface area contributed by atoms with Crippen molar-refractivity contribution in [1.82, 2.24) is 5.32 Å². The van der Waals surface area contributed by atoms with Crippen LogP contribution >= 0.6 is 0 Å². The van der Waals surface area contributed by atoms with Crippen molar-refractivity contribution < 1.29 is 13.9 Å². The predicted octanol–water partition coefficient (Wildman–Crippen LogP) is 2.53. The van der Waals surface area contributed by atoms with Crippen LogP contribution in [-0.2, 0) is 6.54 Å². The van der Waals surface area contributed by atoms with Gasteiger partial charge in [0.15, 0.2) is 0 Å². The average Bonchev–Trinajstić information content (AvgIpc) is 2.86. The van der Waals surface area contributed by atoms with Crippen LogP contribution in [-0.4, -0.2) is 31.3 Å². The summed E-state index contributed by atoms with van der Waals surface area (Å²) in [5.74, 6) is -0.431. The molecular formula is C16H24F2N2O. The van der Waals surface area contributed by atoms with Crippen LogP contribution in [0.15, 0.2) is 12.1 Å². The van der Waals surface area contributed by atoms with E-state index in [0.29, 0.717) is 31.1 Å². The molecule has 0 radical (unpaired) electrons. The molecule has 5 heteroatoms. The lowest BCUT2D eigenvalue weighted by molar-refractivity contribution is 0.238. The number of nitrogens with zero attached hydrogens (tertiary/aromatic N) is 1. The van der Waals surface area contributed by atoms with E-state index in [-0.39, 0.29) is 18.2 Å². The molecule has 0 amide bonds. The van der Waals surface area contributed by atoms with E-state index in [9.17, 15) is 8.78 Å². The average molecular weight is 298 g/mol. The molecule has 1 unspecified atom stereocenters. The lowest BCUT2D eigenvalue weighted by Gasteiger charge is -2.20. The Morgan fingerprint density at radius 2 is 2.00 bits per heavy atom. The van der Waals surface area contributed by atoms with Crippen molar-refractivity contribution in [2.75, 3.05) is 31.1 Å². The molecule has 3 nitrogen and oxygen atoms in total. The smallest absolute Gasteiger partial charge is 0.149 e. The first-order valence-corrected chi connectivity index (χ1v) is 7.55. The van der Waals surface area contributed by atoms with Gasteiger partial charge in [-0.1, -0.05) is 13.8 Å². The summed E-state index contributed by atoms with van der Waals surface area (Å²) in [6, 6.07) is 2.80. The van der Waals surface area contributed by atoms with E-state index < -0.39 is 11.6 Å².